The van der Waals surface area contributed by atoms with Gasteiger partial charge in [0.15, 0.2) is 0 Å². The zero-order valence-corrected chi connectivity index (χ0v) is 12.4. The lowest BCUT2D eigenvalue weighted by Gasteiger charge is -2.35. The smallest absolute Gasteiger partial charge is 0.225 e. The van der Waals surface area contributed by atoms with Crippen LogP contribution in [0, 0.1) is 5.92 Å². The molecule has 0 aromatic carbocycles. The summed E-state index contributed by atoms with van der Waals surface area (Å²) >= 11 is 0. The molecule has 1 aliphatic heterocycles. The van der Waals surface area contributed by atoms with Crippen molar-refractivity contribution in [1.29, 1.82) is 0 Å². The van der Waals surface area contributed by atoms with E-state index >= 15 is 0 Å². The van der Waals surface area contributed by atoms with Gasteiger partial charge in [0.25, 0.3) is 0 Å². The van der Waals surface area contributed by atoms with Crippen LogP contribution in [0.25, 0.3) is 0 Å². The molecule has 0 spiro atoms. The van der Waals surface area contributed by atoms with Crippen molar-refractivity contribution >= 4 is 5.91 Å². The van der Waals surface area contributed by atoms with Gasteiger partial charge in [0.05, 0.1) is 6.54 Å². The van der Waals surface area contributed by atoms with Crippen LogP contribution in [0.2, 0.25) is 0 Å². The summed E-state index contributed by atoms with van der Waals surface area (Å²) in [5.74, 6) is 1.18. The van der Waals surface area contributed by atoms with Crippen molar-refractivity contribution in [2.45, 2.75) is 51.0 Å². The van der Waals surface area contributed by atoms with Gasteiger partial charge in [-0.05, 0) is 25.7 Å². The minimum Gasteiger partial charge on any atom is -0.472 e. The van der Waals surface area contributed by atoms with Crippen LogP contribution in [0.1, 0.15) is 44.9 Å². The molecule has 0 bridgehead atoms. The van der Waals surface area contributed by atoms with E-state index in [0.717, 1.165) is 32.2 Å². The van der Waals surface area contributed by atoms with E-state index in [0.29, 0.717) is 18.3 Å². The third-order valence-corrected chi connectivity index (χ3v) is 4.49. The van der Waals surface area contributed by atoms with Crippen molar-refractivity contribution in [2.24, 2.45) is 5.92 Å². The lowest BCUT2D eigenvalue weighted by atomic mass is 9.88. The van der Waals surface area contributed by atoms with Crippen LogP contribution in [0.5, 0.6) is 5.88 Å². The third kappa shape index (κ3) is 3.71. The maximum absolute atomic E-state index is 12.6. The first-order valence-electron chi connectivity index (χ1n) is 8.04. The Hall–Kier alpha value is -1.65. The topological polar surface area (TPSA) is 55.3 Å². The minimum absolute atomic E-state index is 0.0567. The molecule has 2 aliphatic rings. The molecule has 1 aromatic heterocycles. The van der Waals surface area contributed by atoms with Crippen LogP contribution in [0.4, 0.5) is 0 Å². The number of nitrogens with zero attached hydrogens (tertiary/aromatic N) is 3. The fraction of sp³-hybridized carbons (Fsp3) is 0.688. The van der Waals surface area contributed by atoms with Gasteiger partial charge in [-0.25, -0.2) is 9.97 Å². The van der Waals surface area contributed by atoms with Gasteiger partial charge in [-0.15, -0.1) is 0 Å². The molecule has 2 heterocycles. The van der Waals surface area contributed by atoms with Gasteiger partial charge in [-0.3, -0.25) is 4.79 Å². The second-order valence-electron chi connectivity index (χ2n) is 6.05. The van der Waals surface area contributed by atoms with Crippen molar-refractivity contribution in [2.75, 3.05) is 13.1 Å². The van der Waals surface area contributed by atoms with Crippen molar-refractivity contribution in [3.63, 3.8) is 0 Å². The quantitative estimate of drug-likeness (QED) is 0.857. The van der Waals surface area contributed by atoms with E-state index in [1.54, 1.807) is 12.3 Å². The summed E-state index contributed by atoms with van der Waals surface area (Å²) in [5, 5.41) is 0. The zero-order valence-electron chi connectivity index (χ0n) is 12.4. The summed E-state index contributed by atoms with van der Waals surface area (Å²) in [6, 6.07) is 1.77. The number of carbonyl (C=O) groups is 1. The van der Waals surface area contributed by atoms with Gasteiger partial charge in [0.2, 0.25) is 11.8 Å². The predicted molar refractivity (Wildman–Crippen MR) is 78.8 cm³/mol. The zero-order chi connectivity index (χ0) is 14.5. The molecular weight excluding hydrogens is 266 g/mol. The summed E-state index contributed by atoms with van der Waals surface area (Å²) < 4.78 is 5.88. The maximum Gasteiger partial charge on any atom is 0.225 e. The average Bonchev–Trinajstić information content (AvgIpc) is 2.56. The van der Waals surface area contributed by atoms with Gasteiger partial charge in [0.1, 0.15) is 12.4 Å². The molecule has 1 aromatic rings. The SMILES string of the molecule is O=C(C1CCCCC1)N1CCCC(Oc2ccncn2)C1. The van der Waals surface area contributed by atoms with Crippen molar-refractivity contribution in [1.82, 2.24) is 14.9 Å². The molecule has 1 unspecified atom stereocenters. The molecule has 0 radical (unpaired) electrons. The van der Waals surface area contributed by atoms with Crippen LogP contribution in [-0.4, -0.2) is 40.0 Å². The Morgan fingerprint density at radius 2 is 2.05 bits per heavy atom. The summed E-state index contributed by atoms with van der Waals surface area (Å²) in [7, 11) is 0. The highest BCUT2D eigenvalue weighted by molar-refractivity contribution is 5.79. The van der Waals surface area contributed by atoms with Crippen molar-refractivity contribution < 1.29 is 9.53 Å². The van der Waals surface area contributed by atoms with E-state index < -0.39 is 0 Å². The van der Waals surface area contributed by atoms with Gasteiger partial charge in [-0.2, -0.15) is 0 Å². The summed E-state index contributed by atoms with van der Waals surface area (Å²) in [6.07, 6.45) is 11.0. The minimum atomic E-state index is 0.0567. The fourth-order valence-corrected chi connectivity index (χ4v) is 3.36. The van der Waals surface area contributed by atoms with Crippen molar-refractivity contribution in [3.8, 4) is 5.88 Å². The van der Waals surface area contributed by atoms with E-state index in [9.17, 15) is 4.79 Å². The summed E-state index contributed by atoms with van der Waals surface area (Å²) in [5.41, 5.74) is 0. The molecule has 0 N–H and O–H groups in total. The number of aromatic nitrogens is 2. The average molecular weight is 289 g/mol. The molecule has 1 atom stereocenters. The highest BCUT2D eigenvalue weighted by Crippen LogP contribution is 2.27. The molecule has 1 amide bonds. The molecule has 114 valence electrons. The van der Waals surface area contributed by atoms with Crippen molar-refractivity contribution in [3.05, 3.63) is 18.6 Å². The number of hydrogen-bond donors (Lipinski definition) is 0. The number of piperidine rings is 1. The molecule has 3 rings (SSSR count). The third-order valence-electron chi connectivity index (χ3n) is 4.49. The monoisotopic (exact) mass is 289 g/mol. The Balaban J connectivity index is 1.56. The standard InChI is InChI=1S/C16H23N3O2/c20-16(13-5-2-1-3-6-13)19-10-4-7-14(11-19)21-15-8-9-17-12-18-15/h8-9,12-14H,1-7,10-11H2. The van der Waals surface area contributed by atoms with E-state index in [2.05, 4.69) is 9.97 Å². The van der Waals surface area contributed by atoms with E-state index in [4.69, 9.17) is 4.74 Å². The van der Waals surface area contributed by atoms with E-state index in [1.165, 1.54) is 25.6 Å². The summed E-state index contributed by atoms with van der Waals surface area (Å²) in [4.78, 5) is 22.6. The lowest BCUT2D eigenvalue weighted by Crippen LogP contribution is -2.47. The highest BCUT2D eigenvalue weighted by Gasteiger charge is 2.30. The molecule has 21 heavy (non-hydrogen) atoms. The highest BCUT2D eigenvalue weighted by atomic mass is 16.5. The van der Waals surface area contributed by atoms with E-state index in [-0.39, 0.29) is 12.0 Å². The molecule has 1 saturated carbocycles. The number of carbonyl (C=O) groups excluding carboxylic acids is 1. The largest absolute Gasteiger partial charge is 0.472 e. The Morgan fingerprint density at radius 3 is 2.81 bits per heavy atom. The molecule has 5 nitrogen and oxygen atoms in total. The Bertz CT molecular complexity index is 460. The van der Waals surface area contributed by atoms with E-state index in [1.807, 2.05) is 4.90 Å². The molecule has 5 heteroatoms. The maximum atomic E-state index is 12.6. The number of rotatable bonds is 3. The van der Waals surface area contributed by atoms with Crippen LogP contribution in [0.15, 0.2) is 18.6 Å². The first-order chi connectivity index (χ1) is 10.3. The first-order valence-corrected chi connectivity index (χ1v) is 8.04. The van der Waals surface area contributed by atoms with Gasteiger partial charge >= 0.3 is 0 Å². The number of hydrogen-bond acceptors (Lipinski definition) is 4. The fourth-order valence-electron chi connectivity index (χ4n) is 3.36. The van der Waals surface area contributed by atoms with Crippen LogP contribution >= 0.6 is 0 Å². The molecule has 1 saturated heterocycles. The molecule has 2 fully saturated rings. The van der Waals surface area contributed by atoms with Gasteiger partial charge in [-0.1, -0.05) is 19.3 Å². The Morgan fingerprint density at radius 1 is 1.19 bits per heavy atom. The number of amides is 1. The van der Waals surface area contributed by atoms with Crippen LogP contribution in [-0.2, 0) is 4.79 Å². The van der Waals surface area contributed by atoms with Gasteiger partial charge in [0, 0.05) is 24.7 Å². The van der Waals surface area contributed by atoms with Gasteiger partial charge < -0.3 is 9.64 Å². The molecular formula is C16H23N3O2. The first kappa shape index (κ1) is 14.3. The second kappa shape index (κ2) is 6.87. The Labute approximate surface area is 125 Å². The predicted octanol–water partition coefficient (Wildman–Crippen LogP) is 2.43. The normalized spacial score (nSPS) is 23.8. The number of likely N-dealkylation sites (tertiary alicyclic amines) is 1. The lowest BCUT2D eigenvalue weighted by molar-refractivity contribution is -0.139. The number of ether oxygens (including phenoxy) is 1. The Kier molecular flexibility index (Phi) is 4.68. The van der Waals surface area contributed by atoms with Crippen LogP contribution < -0.4 is 4.74 Å². The summed E-state index contributed by atoms with van der Waals surface area (Å²) in [6.45, 7) is 1.57. The molecule has 1 aliphatic carbocycles. The second-order valence-corrected chi connectivity index (χ2v) is 6.05. The van der Waals surface area contributed by atoms with Crippen LogP contribution in [0.3, 0.4) is 0 Å².